The van der Waals surface area contributed by atoms with Gasteiger partial charge < -0.3 is 28.7 Å². The molecule has 2 fully saturated rings. The van der Waals surface area contributed by atoms with E-state index >= 15 is 4.39 Å². The quantitative estimate of drug-likeness (QED) is 0.317. The molecular weight excluding hydrogens is 601 g/mol. The van der Waals surface area contributed by atoms with Crippen molar-refractivity contribution in [2.75, 3.05) is 37.7 Å². The Labute approximate surface area is 274 Å². The van der Waals surface area contributed by atoms with Gasteiger partial charge in [0.15, 0.2) is 6.04 Å². The molecule has 1 unspecified atom stereocenters. The zero-order valence-electron chi connectivity index (χ0n) is 27.6. The van der Waals surface area contributed by atoms with Crippen LogP contribution in [0.15, 0.2) is 42.7 Å². The Morgan fingerprint density at radius 3 is 2.45 bits per heavy atom. The van der Waals surface area contributed by atoms with E-state index in [0.29, 0.717) is 24.3 Å². The lowest BCUT2D eigenvalue weighted by molar-refractivity contribution is -0.149. The summed E-state index contributed by atoms with van der Waals surface area (Å²) in [7, 11) is 0. The number of anilines is 1. The number of benzene rings is 2. The number of hydrogen-bond donors (Lipinski definition) is 0. The molecule has 0 N–H and O–H groups in total. The van der Waals surface area contributed by atoms with Crippen molar-refractivity contribution in [2.45, 2.75) is 78.1 Å². The Kier molecular flexibility index (Phi) is 7.75. The summed E-state index contributed by atoms with van der Waals surface area (Å²) in [5.74, 6) is -1.43. The maximum absolute atomic E-state index is 15.6. The average molecular weight is 644 g/mol. The molecule has 2 amide bonds. The molecule has 10 nitrogen and oxygen atoms in total. The lowest BCUT2D eigenvalue weighted by Gasteiger charge is -2.55. The molecule has 1 atom stereocenters. The Balaban J connectivity index is 1.04. The fourth-order valence-electron chi connectivity index (χ4n) is 7.52. The van der Waals surface area contributed by atoms with E-state index in [4.69, 9.17) is 9.47 Å². The minimum atomic E-state index is -1.03. The van der Waals surface area contributed by atoms with Crippen molar-refractivity contribution in [1.82, 2.24) is 19.4 Å². The number of hydrogen-bond acceptors (Lipinski definition) is 7. The highest BCUT2D eigenvalue weighted by atomic mass is 19.1. The number of piperidine rings is 1. The second-order valence-corrected chi connectivity index (χ2v) is 14.3. The molecular formula is C36H42FN5O5. The number of rotatable bonds is 6. The average Bonchev–Trinajstić information content (AvgIpc) is 3.72. The fourth-order valence-corrected chi connectivity index (χ4v) is 7.52. The normalized spacial score (nSPS) is 19.0. The number of esters is 1. The van der Waals surface area contributed by atoms with Crippen molar-refractivity contribution in [3.63, 3.8) is 0 Å². The van der Waals surface area contributed by atoms with Crippen LogP contribution in [0, 0.1) is 11.2 Å². The molecule has 0 saturated carbocycles. The number of aryl methyl sites for hydroxylation is 1. The van der Waals surface area contributed by atoms with Crippen LogP contribution in [0.4, 0.5) is 14.9 Å². The first kappa shape index (κ1) is 31.2. The zero-order valence-corrected chi connectivity index (χ0v) is 27.6. The molecule has 4 aliphatic rings. The van der Waals surface area contributed by atoms with Crippen LogP contribution in [0.1, 0.15) is 80.3 Å². The number of ether oxygens (including phenoxy) is 2. The van der Waals surface area contributed by atoms with Gasteiger partial charge in [0.25, 0.3) is 5.91 Å². The molecule has 0 bridgehead atoms. The predicted octanol–water partition coefficient (Wildman–Crippen LogP) is 5.73. The van der Waals surface area contributed by atoms with Gasteiger partial charge in [-0.1, -0.05) is 12.1 Å². The summed E-state index contributed by atoms with van der Waals surface area (Å²) < 4.78 is 28.6. The third kappa shape index (κ3) is 5.74. The molecule has 5 heterocycles. The van der Waals surface area contributed by atoms with Crippen LogP contribution in [0.5, 0.6) is 0 Å². The smallest absolute Gasteiger partial charge is 0.410 e. The van der Waals surface area contributed by atoms with Crippen molar-refractivity contribution in [2.24, 2.45) is 5.41 Å². The maximum atomic E-state index is 15.6. The maximum Gasteiger partial charge on any atom is 0.410 e. The largest absolute Gasteiger partial charge is 0.464 e. The van der Waals surface area contributed by atoms with Crippen LogP contribution in [0.2, 0.25) is 0 Å². The summed E-state index contributed by atoms with van der Waals surface area (Å²) in [6.07, 6.45) is 5.06. The zero-order chi connectivity index (χ0) is 33.1. The standard InChI is InChI=1S/C36H42FN5O5/c1-5-46-33(44)31(30-29-7-6-14-40(29)22-38-30)42-19-27-26(32(42)43)17-24(18-28(27)37)23-8-10-25(11-9-23)41-20-36(21-41)12-15-39(16-13-36)34(45)47-35(2,3)4/h8-11,17-18,22,31H,5-7,12-16,19-21H2,1-4H3. The van der Waals surface area contributed by atoms with E-state index in [1.54, 1.807) is 19.3 Å². The van der Waals surface area contributed by atoms with Crippen LogP contribution in [0.3, 0.4) is 0 Å². The van der Waals surface area contributed by atoms with Crippen LogP contribution in [-0.2, 0) is 33.8 Å². The number of amides is 2. The SMILES string of the molecule is CCOC(=O)C(c1ncn2c1CCC2)N1Cc2c(F)cc(-c3ccc(N4CC5(CCN(C(=O)OC(C)(C)C)CC5)C4)cc3)cc2C1=O. The lowest BCUT2D eigenvalue weighted by Crippen LogP contribution is -2.61. The Bertz CT molecular complexity index is 1710. The van der Waals surface area contributed by atoms with Gasteiger partial charge in [0.1, 0.15) is 11.4 Å². The van der Waals surface area contributed by atoms with Gasteiger partial charge in [-0.25, -0.2) is 19.0 Å². The summed E-state index contributed by atoms with van der Waals surface area (Å²) in [5, 5.41) is 0. The molecule has 47 heavy (non-hydrogen) atoms. The van der Waals surface area contributed by atoms with E-state index in [-0.39, 0.29) is 35.8 Å². The second-order valence-electron chi connectivity index (χ2n) is 14.3. The highest BCUT2D eigenvalue weighted by Crippen LogP contribution is 2.43. The number of nitrogens with zero attached hydrogens (tertiary/aromatic N) is 5. The molecule has 3 aromatic rings. The van der Waals surface area contributed by atoms with E-state index in [1.807, 2.05) is 54.5 Å². The Hall–Kier alpha value is -4.41. The van der Waals surface area contributed by atoms with Crippen LogP contribution in [-0.4, -0.2) is 75.7 Å². The van der Waals surface area contributed by atoms with Crippen LogP contribution in [0.25, 0.3) is 11.1 Å². The van der Waals surface area contributed by atoms with Crippen molar-refractivity contribution in [3.05, 3.63) is 71.1 Å². The van der Waals surface area contributed by atoms with Gasteiger partial charge in [-0.3, -0.25) is 4.79 Å². The Morgan fingerprint density at radius 1 is 1.04 bits per heavy atom. The molecule has 1 spiro atoms. The van der Waals surface area contributed by atoms with Gasteiger partial charge in [-0.15, -0.1) is 0 Å². The van der Waals surface area contributed by atoms with Gasteiger partial charge in [-0.05, 0) is 88.8 Å². The minimum absolute atomic E-state index is 0.0265. The lowest BCUT2D eigenvalue weighted by atomic mass is 9.72. The van der Waals surface area contributed by atoms with Crippen LogP contribution >= 0.6 is 0 Å². The molecule has 248 valence electrons. The molecule has 0 radical (unpaired) electrons. The molecule has 11 heteroatoms. The molecule has 0 aliphatic carbocycles. The van der Waals surface area contributed by atoms with E-state index in [2.05, 4.69) is 9.88 Å². The van der Waals surface area contributed by atoms with Crippen molar-refractivity contribution >= 4 is 23.7 Å². The fraction of sp³-hybridized carbons (Fsp3) is 0.500. The van der Waals surface area contributed by atoms with Crippen molar-refractivity contribution < 1.29 is 28.2 Å². The number of fused-ring (bicyclic) bond motifs is 2. The first-order chi connectivity index (χ1) is 22.4. The van der Waals surface area contributed by atoms with Gasteiger partial charge in [0.05, 0.1) is 25.2 Å². The minimum Gasteiger partial charge on any atom is -0.464 e. The van der Waals surface area contributed by atoms with Gasteiger partial charge in [0, 0.05) is 60.6 Å². The van der Waals surface area contributed by atoms with Gasteiger partial charge in [-0.2, -0.15) is 0 Å². The van der Waals surface area contributed by atoms with Gasteiger partial charge >= 0.3 is 12.1 Å². The number of halogens is 1. The number of imidazole rings is 1. The van der Waals surface area contributed by atoms with Gasteiger partial charge in [0.2, 0.25) is 0 Å². The molecule has 2 saturated heterocycles. The molecule has 2 aromatic carbocycles. The third-order valence-corrected chi connectivity index (χ3v) is 9.98. The third-order valence-electron chi connectivity index (χ3n) is 9.98. The second kappa shape index (κ2) is 11.7. The molecule has 4 aliphatic heterocycles. The van der Waals surface area contributed by atoms with E-state index in [1.165, 1.54) is 11.0 Å². The van der Waals surface area contributed by atoms with E-state index < -0.39 is 29.3 Å². The molecule has 1 aromatic heterocycles. The predicted molar refractivity (Wildman–Crippen MR) is 173 cm³/mol. The number of carbonyl (C=O) groups is 3. The topological polar surface area (TPSA) is 97.2 Å². The highest BCUT2D eigenvalue weighted by Gasteiger charge is 2.46. The van der Waals surface area contributed by atoms with Crippen LogP contribution < -0.4 is 4.90 Å². The van der Waals surface area contributed by atoms with E-state index in [0.717, 1.165) is 62.3 Å². The number of likely N-dealkylation sites (tertiary alicyclic amines) is 1. The molecule has 7 rings (SSSR count). The highest BCUT2D eigenvalue weighted by molar-refractivity contribution is 6.02. The summed E-state index contributed by atoms with van der Waals surface area (Å²) in [4.78, 5) is 49.6. The first-order valence-electron chi connectivity index (χ1n) is 16.6. The summed E-state index contributed by atoms with van der Waals surface area (Å²) in [6, 6.07) is 10.2. The Morgan fingerprint density at radius 2 is 1.77 bits per heavy atom. The monoisotopic (exact) mass is 643 g/mol. The first-order valence-corrected chi connectivity index (χ1v) is 16.6. The van der Waals surface area contributed by atoms with Crippen molar-refractivity contribution in [3.8, 4) is 11.1 Å². The number of aromatic nitrogens is 2. The van der Waals surface area contributed by atoms with E-state index in [9.17, 15) is 14.4 Å². The summed E-state index contributed by atoms with van der Waals surface area (Å²) in [6.45, 7) is 11.6. The number of carbonyl (C=O) groups excluding carboxylic acids is 3. The van der Waals surface area contributed by atoms with Crippen molar-refractivity contribution in [1.29, 1.82) is 0 Å². The summed E-state index contributed by atoms with van der Waals surface area (Å²) in [5.41, 5.74) is 4.17. The summed E-state index contributed by atoms with van der Waals surface area (Å²) >= 11 is 0.